The minimum atomic E-state index is -0.000316. The lowest BCUT2D eigenvalue weighted by atomic mass is 9.44. The first kappa shape index (κ1) is 19.6. The Morgan fingerprint density at radius 1 is 0.828 bits per heavy atom. The van der Waals surface area contributed by atoms with Crippen molar-refractivity contribution < 1.29 is 4.74 Å². The first-order chi connectivity index (χ1) is 13.9. The van der Waals surface area contributed by atoms with Gasteiger partial charge in [0.05, 0.1) is 6.10 Å². The van der Waals surface area contributed by atoms with Crippen LogP contribution in [0.1, 0.15) is 98.3 Å². The highest BCUT2D eigenvalue weighted by Gasteiger charge is 2.68. The molecule has 2 saturated heterocycles. The van der Waals surface area contributed by atoms with Crippen molar-refractivity contribution in [1.29, 1.82) is 0 Å². The van der Waals surface area contributed by atoms with Gasteiger partial charge in [-0.15, -0.1) is 0 Å². The van der Waals surface area contributed by atoms with Crippen LogP contribution >= 0.6 is 0 Å². The van der Waals surface area contributed by atoms with E-state index >= 15 is 0 Å². The number of hydrogen-bond acceptors (Lipinski definition) is 2. The van der Waals surface area contributed by atoms with E-state index < -0.39 is 0 Å². The van der Waals surface area contributed by atoms with E-state index in [0.717, 1.165) is 42.1 Å². The molecule has 11 atom stereocenters. The smallest absolute Gasteiger partial charge is 0.122 e. The molecule has 1 spiro atoms. The molecule has 6 aliphatic rings. The minimum absolute atomic E-state index is 0.000316. The predicted molar refractivity (Wildman–Crippen MR) is 118 cm³/mol. The predicted octanol–water partition coefficient (Wildman–Crippen LogP) is 6.40. The number of ether oxygens (including phenoxy) is 1. The molecule has 1 N–H and O–H groups in total. The van der Waals surface area contributed by atoms with Gasteiger partial charge in [0.15, 0.2) is 0 Å². The van der Waals surface area contributed by atoms with Gasteiger partial charge in [0.1, 0.15) is 5.72 Å². The molecular weight excluding hydrogens is 354 g/mol. The number of rotatable bonds is 0. The zero-order valence-electron chi connectivity index (χ0n) is 19.5. The van der Waals surface area contributed by atoms with Crippen LogP contribution in [0.4, 0.5) is 0 Å². The van der Waals surface area contributed by atoms with Gasteiger partial charge in [-0.05, 0) is 104 Å². The third-order valence-corrected chi connectivity index (χ3v) is 12.1. The van der Waals surface area contributed by atoms with Gasteiger partial charge in [0.25, 0.3) is 0 Å². The van der Waals surface area contributed by atoms with E-state index in [1.165, 1.54) is 70.6 Å². The van der Waals surface area contributed by atoms with Gasteiger partial charge in [-0.1, -0.05) is 40.5 Å². The van der Waals surface area contributed by atoms with Crippen LogP contribution in [0.25, 0.3) is 0 Å². The van der Waals surface area contributed by atoms with Crippen molar-refractivity contribution in [2.45, 2.75) is 110 Å². The second-order valence-electron chi connectivity index (χ2n) is 13.1. The van der Waals surface area contributed by atoms with Crippen LogP contribution in [0.5, 0.6) is 0 Å². The molecule has 3 unspecified atom stereocenters. The summed E-state index contributed by atoms with van der Waals surface area (Å²) in [6.07, 6.45) is 16.5. The molecular formula is C27H45NO. The van der Waals surface area contributed by atoms with Gasteiger partial charge >= 0.3 is 0 Å². The van der Waals surface area contributed by atoms with Crippen molar-refractivity contribution >= 4 is 0 Å². The molecule has 29 heavy (non-hydrogen) atoms. The van der Waals surface area contributed by atoms with E-state index in [-0.39, 0.29) is 5.72 Å². The summed E-state index contributed by atoms with van der Waals surface area (Å²) in [6, 6.07) is 0. The topological polar surface area (TPSA) is 21.3 Å². The maximum absolute atomic E-state index is 7.03. The molecule has 4 saturated carbocycles. The molecule has 6 fully saturated rings. The zero-order chi connectivity index (χ0) is 20.0. The summed E-state index contributed by atoms with van der Waals surface area (Å²) in [7, 11) is 0. The largest absolute Gasteiger partial charge is 0.357 e. The monoisotopic (exact) mass is 399 g/mol. The van der Waals surface area contributed by atoms with Gasteiger partial charge in [-0.3, -0.25) is 5.32 Å². The molecule has 4 aliphatic carbocycles. The molecule has 0 aromatic heterocycles. The Balaban J connectivity index is 1.27. The van der Waals surface area contributed by atoms with Crippen molar-refractivity contribution in [3.63, 3.8) is 0 Å². The Hall–Kier alpha value is -0.0800. The number of nitrogens with one attached hydrogen (secondary N) is 1. The number of hydrogen-bond donors (Lipinski definition) is 1. The number of piperidine rings is 1. The van der Waals surface area contributed by atoms with E-state index in [2.05, 4.69) is 33.0 Å². The van der Waals surface area contributed by atoms with Crippen LogP contribution in [0.3, 0.4) is 0 Å². The van der Waals surface area contributed by atoms with Crippen LogP contribution in [0.15, 0.2) is 0 Å². The van der Waals surface area contributed by atoms with E-state index in [9.17, 15) is 0 Å². The summed E-state index contributed by atoms with van der Waals surface area (Å²) in [5, 5.41) is 3.91. The van der Waals surface area contributed by atoms with E-state index in [4.69, 9.17) is 4.74 Å². The van der Waals surface area contributed by atoms with E-state index in [1.54, 1.807) is 0 Å². The molecule has 0 aromatic rings. The van der Waals surface area contributed by atoms with Crippen LogP contribution in [-0.2, 0) is 4.74 Å². The molecule has 6 rings (SSSR count). The van der Waals surface area contributed by atoms with E-state index in [1.807, 2.05) is 0 Å². The molecule has 164 valence electrons. The lowest BCUT2D eigenvalue weighted by Crippen LogP contribution is -2.57. The summed E-state index contributed by atoms with van der Waals surface area (Å²) in [4.78, 5) is 0. The second kappa shape index (κ2) is 6.47. The molecule has 2 nitrogen and oxygen atoms in total. The molecule has 0 amide bonds. The summed E-state index contributed by atoms with van der Waals surface area (Å²) in [5.41, 5.74) is 1.19. The Labute approximate surface area is 179 Å². The third-order valence-electron chi connectivity index (χ3n) is 12.1. The molecule has 2 aliphatic heterocycles. The van der Waals surface area contributed by atoms with Crippen LogP contribution < -0.4 is 5.32 Å². The summed E-state index contributed by atoms with van der Waals surface area (Å²) < 4.78 is 7.03. The first-order valence-electron chi connectivity index (χ1n) is 13.3. The van der Waals surface area contributed by atoms with Crippen molar-refractivity contribution in [2.75, 3.05) is 6.54 Å². The standard InChI is InChI=1S/C27H45NO/c1-17-10-14-27(28-16-17)18(2)24-23(29-27)15-22-20-9-8-19-7-5-6-12-25(19,3)21(20)11-13-26(22,24)4/h17-24,28H,5-16H2,1-4H3/t17-,18-,19?,20+,21?,22?,23-,24-,25-,26-,27-/m0/s1. The van der Waals surface area contributed by atoms with E-state index in [0.29, 0.717) is 22.9 Å². The fraction of sp³-hybridized carbons (Fsp3) is 1.00. The third kappa shape index (κ3) is 2.54. The fourth-order valence-corrected chi connectivity index (χ4v) is 10.5. The lowest BCUT2D eigenvalue weighted by Gasteiger charge is -2.61. The average molecular weight is 400 g/mol. The van der Waals surface area contributed by atoms with Gasteiger partial charge in [-0.2, -0.15) is 0 Å². The Morgan fingerprint density at radius 3 is 2.48 bits per heavy atom. The van der Waals surface area contributed by atoms with Crippen LogP contribution in [-0.4, -0.2) is 18.4 Å². The molecule has 0 bridgehead atoms. The normalized spacial score (nSPS) is 61.7. The molecule has 0 aromatic carbocycles. The highest BCUT2D eigenvalue weighted by Crippen LogP contribution is 2.71. The second-order valence-corrected chi connectivity index (χ2v) is 13.1. The minimum Gasteiger partial charge on any atom is -0.357 e. The average Bonchev–Trinajstić information content (AvgIpc) is 3.15. The SMILES string of the molecule is C[C@H]1CC[C@]2(NC1)O[C@H]1CC3[C@@H]4CCC5CCCC[C@]5(C)C4CC[C@]3(C)[C@H]1[C@@H]2C. The zero-order valence-corrected chi connectivity index (χ0v) is 19.5. The summed E-state index contributed by atoms with van der Waals surface area (Å²) in [5.74, 6) is 6.23. The number of fused-ring (bicyclic) bond motifs is 7. The Kier molecular flexibility index (Phi) is 4.37. The first-order valence-corrected chi connectivity index (χ1v) is 13.3. The van der Waals surface area contributed by atoms with Crippen LogP contribution in [0.2, 0.25) is 0 Å². The fourth-order valence-electron chi connectivity index (χ4n) is 10.5. The Bertz CT molecular complexity index is 653. The van der Waals surface area contributed by atoms with Gasteiger partial charge in [-0.25, -0.2) is 0 Å². The Morgan fingerprint density at radius 2 is 1.69 bits per heavy atom. The lowest BCUT2D eigenvalue weighted by molar-refractivity contribution is -0.132. The highest BCUT2D eigenvalue weighted by molar-refractivity contribution is 5.16. The summed E-state index contributed by atoms with van der Waals surface area (Å²) >= 11 is 0. The van der Waals surface area contributed by atoms with Crippen LogP contribution in [0, 0.1) is 52.3 Å². The maximum Gasteiger partial charge on any atom is 0.122 e. The van der Waals surface area contributed by atoms with Gasteiger partial charge in [0.2, 0.25) is 0 Å². The highest BCUT2D eigenvalue weighted by atomic mass is 16.5. The van der Waals surface area contributed by atoms with Crippen molar-refractivity contribution in [3.8, 4) is 0 Å². The van der Waals surface area contributed by atoms with Crippen molar-refractivity contribution in [2.24, 2.45) is 52.3 Å². The summed E-state index contributed by atoms with van der Waals surface area (Å²) in [6.45, 7) is 11.5. The maximum atomic E-state index is 7.03. The van der Waals surface area contributed by atoms with Crippen molar-refractivity contribution in [1.82, 2.24) is 5.32 Å². The quantitative estimate of drug-likeness (QED) is 0.509. The molecule has 0 radical (unpaired) electrons. The molecule has 2 heterocycles. The van der Waals surface area contributed by atoms with Gasteiger partial charge < -0.3 is 4.74 Å². The van der Waals surface area contributed by atoms with Gasteiger partial charge in [0, 0.05) is 12.5 Å². The molecule has 2 heteroatoms. The van der Waals surface area contributed by atoms with Crippen molar-refractivity contribution in [3.05, 3.63) is 0 Å².